The minimum Gasteiger partial charge on any atom is -0.256 e. The Kier molecular flexibility index (Phi) is 3.77. The van der Waals surface area contributed by atoms with E-state index in [2.05, 4.69) is 22.1 Å². The predicted molar refractivity (Wildman–Crippen MR) is 98.3 cm³/mol. The Labute approximate surface area is 147 Å². The van der Waals surface area contributed by atoms with Crippen LogP contribution in [0.3, 0.4) is 0 Å². The highest BCUT2D eigenvalue weighted by Gasteiger charge is 2.13. The third kappa shape index (κ3) is 2.72. The topological polar surface area (TPSA) is 25.8 Å². The van der Waals surface area contributed by atoms with Gasteiger partial charge in [0.15, 0.2) is 0 Å². The lowest BCUT2D eigenvalue weighted by molar-refractivity contribution is 1.33. The molecule has 0 aliphatic carbocycles. The largest absolute Gasteiger partial charge is 0.256 e. The molecular weight excluding hydrogens is 347 g/mol. The van der Waals surface area contributed by atoms with Crippen LogP contribution in [0.4, 0.5) is 0 Å². The van der Waals surface area contributed by atoms with Crippen LogP contribution in [0, 0.1) is 0 Å². The van der Waals surface area contributed by atoms with Gasteiger partial charge >= 0.3 is 0 Å². The summed E-state index contributed by atoms with van der Waals surface area (Å²) in [6, 6.07) is 15.6. The summed E-state index contributed by atoms with van der Waals surface area (Å²) in [5.74, 6) is 0. The van der Waals surface area contributed by atoms with Crippen molar-refractivity contribution in [3.63, 3.8) is 0 Å². The first kappa shape index (κ1) is 14.6. The summed E-state index contributed by atoms with van der Waals surface area (Å²) in [6.07, 6.45) is 1.77. The molecule has 2 heterocycles. The molecule has 0 atom stereocenters. The molecule has 0 unspecified atom stereocenters. The molecule has 2 aromatic carbocycles. The lowest BCUT2D eigenvalue weighted by Crippen LogP contribution is -1.90. The number of fused-ring (bicyclic) bond motifs is 1. The second kappa shape index (κ2) is 5.93. The van der Waals surface area contributed by atoms with Gasteiger partial charge in [-0.15, -0.1) is 11.3 Å². The summed E-state index contributed by atoms with van der Waals surface area (Å²) in [6.45, 7) is 0. The van der Waals surface area contributed by atoms with Gasteiger partial charge in [-0.3, -0.25) is 4.98 Å². The normalized spacial score (nSPS) is 11.0. The van der Waals surface area contributed by atoms with Crippen LogP contribution in [-0.2, 0) is 0 Å². The highest BCUT2D eigenvalue weighted by molar-refractivity contribution is 7.16. The van der Waals surface area contributed by atoms with E-state index in [-0.39, 0.29) is 0 Å². The number of benzene rings is 2. The van der Waals surface area contributed by atoms with Crippen LogP contribution in [0.25, 0.3) is 32.6 Å². The zero-order valence-corrected chi connectivity index (χ0v) is 14.2. The fourth-order valence-corrected chi connectivity index (χ4v) is 3.65. The molecular formula is C18H10Cl2N2S. The number of nitrogens with zero attached hydrogens (tertiary/aromatic N) is 2. The zero-order valence-electron chi connectivity index (χ0n) is 11.8. The van der Waals surface area contributed by atoms with Gasteiger partial charge in [-0.1, -0.05) is 35.3 Å². The summed E-state index contributed by atoms with van der Waals surface area (Å²) in [7, 11) is 0. The lowest BCUT2D eigenvalue weighted by Gasteiger charge is -2.11. The summed E-state index contributed by atoms with van der Waals surface area (Å²) in [5.41, 5.74) is 6.62. The average Bonchev–Trinajstić information content (AvgIpc) is 3.05. The number of pyridine rings is 1. The van der Waals surface area contributed by atoms with E-state index in [0.717, 1.165) is 32.6 Å². The van der Waals surface area contributed by atoms with Gasteiger partial charge in [-0.2, -0.15) is 0 Å². The van der Waals surface area contributed by atoms with Crippen molar-refractivity contribution in [2.24, 2.45) is 0 Å². The first-order chi connectivity index (χ1) is 11.2. The van der Waals surface area contributed by atoms with E-state index in [1.807, 2.05) is 29.8 Å². The maximum Gasteiger partial charge on any atom is 0.0812 e. The first-order valence-electron chi connectivity index (χ1n) is 6.96. The molecule has 0 spiro atoms. The van der Waals surface area contributed by atoms with Crippen LogP contribution in [0.5, 0.6) is 0 Å². The molecule has 0 radical (unpaired) electrons. The Morgan fingerprint density at radius 2 is 1.78 bits per heavy atom. The molecule has 112 valence electrons. The van der Waals surface area contributed by atoms with Crippen molar-refractivity contribution in [2.45, 2.75) is 0 Å². The average molecular weight is 357 g/mol. The standard InChI is InChI=1S/C18H10Cl2N2S/c19-12-4-5-15(20)14(9-12)18-13(2-1-7-21-18)11-3-6-16-17(8-11)23-10-22-16/h1-10H. The van der Waals surface area contributed by atoms with Gasteiger partial charge in [-0.05, 0) is 42.0 Å². The predicted octanol–water partition coefficient (Wildman–Crippen LogP) is 6.33. The smallest absolute Gasteiger partial charge is 0.0812 e. The second-order valence-electron chi connectivity index (χ2n) is 5.06. The van der Waals surface area contributed by atoms with E-state index in [9.17, 15) is 0 Å². The highest BCUT2D eigenvalue weighted by Crippen LogP contribution is 2.36. The molecule has 0 aliphatic heterocycles. The van der Waals surface area contributed by atoms with Crippen LogP contribution in [0.2, 0.25) is 10.0 Å². The molecule has 0 saturated carbocycles. The Balaban J connectivity index is 1.94. The van der Waals surface area contributed by atoms with E-state index in [1.165, 1.54) is 0 Å². The van der Waals surface area contributed by atoms with E-state index < -0.39 is 0 Å². The Morgan fingerprint density at radius 1 is 0.870 bits per heavy atom. The van der Waals surface area contributed by atoms with Gasteiger partial charge in [0.2, 0.25) is 0 Å². The molecule has 0 aliphatic rings. The molecule has 4 rings (SSSR count). The molecule has 0 N–H and O–H groups in total. The van der Waals surface area contributed by atoms with Crippen molar-refractivity contribution in [1.82, 2.24) is 9.97 Å². The Bertz CT molecular complexity index is 1010. The van der Waals surface area contributed by atoms with Crippen LogP contribution in [0.1, 0.15) is 0 Å². The third-order valence-corrected chi connectivity index (χ3v) is 4.99. The first-order valence-corrected chi connectivity index (χ1v) is 8.60. The van der Waals surface area contributed by atoms with Crippen molar-refractivity contribution >= 4 is 44.8 Å². The summed E-state index contributed by atoms with van der Waals surface area (Å²) >= 11 is 14.1. The number of hydrogen-bond donors (Lipinski definition) is 0. The maximum atomic E-state index is 6.36. The van der Waals surface area contributed by atoms with Crippen LogP contribution < -0.4 is 0 Å². The molecule has 4 aromatic rings. The van der Waals surface area contributed by atoms with Crippen molar-refractivity contribution in [3.8, 4) is 22.4 Å². The SMILES string of the molecule is Clc1ccc(Cl)c(-c2ncccc2-c2ccc3ncsc3c2)c1. The maximum absolute atomic E-state index is 6.36. The number of hydrogen-bond acceptors (Lipinski definition) is 3. The van der Waals surface area contributed by atoms with E-state index in [1.54, 1.807) is 29.7 Å². The fraction of sp³-hybridized carbons (Fsp3) is 0. The van der Waals surface area contributed by atoms with Gasteiger partial charge < -0.3 is 0 Å². The van der Waals surface area contributed by atoms with E-state index >= 15 is 0 Å². The third-order valence-electron chi connectivity index (χ3n) is 3.63. The number of rotatable bonds is 2. The van der Waals surface area contributed by atoms with E-state index in [4.69, 9.17) is 23.2 Å². The molecule has 2 aromatic heterocycles. The monoisotopic (exact) mass is 356 g/mol. The summed E-state index contributed by atoms with van der Waals surface area (Å²) < 4.78 is 1.15. The second-order valence-corrected chi connectivity index (χ2v) is 6.79. The minimum absolute atomic E-state index is 0.633. The molecule has 0 fully saturated rings. The van der Waals surface area contributed by atoms with Gasteiger partial charge in [0.1, 0.15) is 0 Å². The minimum atomic E-state index is 0.633. The van der Waals surface area contributed by atoms with Gasteiger partial charge in [-0.25, -0.2) is 4.98 Å². The van der Waals surface area contributed by atoms with Gasteiger partial charge in [0.05, 0.1) is 26.4 Å². The van der Waals surface area contributed by atoms with Crippen LogP contribution in [0.15, 0.2) is 60.2 Å². The molecule has 0 amide bonds. The van der Waals surface area contributed by atoms with Crippen LogP contribution in [-0.4, -0.2) is 9.97 Å². The quantitative estimate of drug-likeness (QED) is 0.419. The Morgan fingerprint density at radius 3 is 2.70 bits per heavy atom. The number of thiazole rings is 1. The van der Waals surface area contributed by atoms with Crippen molar-refractivity contribution in [1.29, 1.82) is 0 Å². The lowest BCUT2D eigenvalue weighted by atomic mass is 9.99. The van der Waals surface area contributed by atoms with Gasteiger partial charge in [0, 0.05) is 22.3 Å². The van der Waals surface area contributed by atoms with Crippen molar-refractivity contribution < 1.29 is 0 Å². The zero-order chi connectivity index (χ0) is 15.8. The fourth-order valence-electron chi connectivity index (χ4n) is 2.55. The molecule has 2 nitrogen and oxygen atoms in total. The number of aromatic nitrogens is 2. The molecule has 0 bridgehead atoms. The molecule has 0 saturated heterocycles. The molecule has 23 heavy (non-hydrogen) atoms. The van der Waals surface area contributed by atoms with Crippen molar-refractivity contribution in [2.75, 3.05) is 0 Å². The van der Waals surface area contributed by atoms with Gasteiger partial charge in [0.25, 0.3) is 0 Å². The van der Waals surface area contributed by atoms with Crippen molar-refractivity contribution in [3.05, 3.63) is 70.3 Å². The highest BCUT2D eigenvalue weighted by atomic mass is 35.5. The molecule has 5 heteroatoms. The van der Waals surface area contributed by atoms with Crippen LogP contribution >= 0.6 is 34.5 Å². The summed E-state index contributed by atoms with van der Waals surface area (Å²) in [4.78, 5) is 8.86. The Hall–Kier alpha value is -1.94. The van der Waals surface area contributed by atoms with E-state index in [0.29, 0.717) is 10.0 Å². The number of halogens is 2. The summed E-state index contributed by atoms with van der Waals surface area (Å²) in [5, 5.41) is 1.27.